The summed E-state index contributed by atoms with van der Waals surface area (Å²) in [6, 6.07) is 2.12. The van der Waals surface area contributed by atoms with Gasteiger partial charge >= 0.3 is 0 Å². The highest BCUT2D eigenvalue weighted by Gasteiger charge is 2.29. The number of carbonyl (C=O) groups excluding carboxylic acids is 1. The van der Waals surface area contributed by atoms with E-state index < -0.39 is 0 Å². The number of hydrogen-bond donors (Lipinski definition) is 2. The molecular formula is C22H36N2O2. The summed E-state index contributed by atoms with van der Waals surface area (Å²) in [5.74, 6) is 0.647. The molecule has 2 N–H and O–H groups in total. The van der Waals surface area contributed by atoms with Gasteiger partial charge in [-0.2, -0.15) is 0 Å². The van der Waals surface area contributed by atoms with E-state index in [2.05, 4.69) is 59.8 Å². The number of hydrogen-bond acceptors (Lipinski definition) is 3. The van der Waals surface area contributed by atoms with Gasteiger partial charge in [-0.3, -0.25) is 4.79 Å². The lowest BCUT2D eigenvalue weighted by molar-refractivity contribution is -0.131. The number of rotatable bonds is 3. The summed E-state index contributed by atoms with van der Waals surface area (Å²) in [6.07, 6.45) is 1.25. The van der Waals surface area contributed by atoms with Crippen LogP contribution in [-0.4, -0.2) is 42.1 Å². The van der Waals surface area contributed by atoms with E-state index in [-0.39, 0.29) is 16.7 Å². The van der Waals surface area contributed by atoms with Crippen LogP contribution in [0.25, 0.3) is 0 Å². The maximum Gasteiger partial charge on any atom is 0.222 e. The maximum absolute atomic E-state index is 12.6. The first-order valence-corrected chi connectivity index (χ1v) is 9.78. The van der Waals surface area contributed by atoms with Gasteiger partial charge in [-0.15, -0.1) is 0 Å². The fourth-order valence-electron chi connectivity index (χ4n) is 3.89. The Morgan fingerprint density at radius 2 is 1.69 bits per heavy atom. The van der Waals surface area contributed by atoms with Gasteiger partial charge in [0.1, 0.15) is 5.75 Å². The molecule has 1 saturated heterocycles. The molecule has 0 radical (unpaired) electrons. The lowest BCUT2D eigenvalue weighted by atomic mass is 9.75. The largest absolute Gasteiger partial charge is 0.507 e. The minimum Gasteiger partial charge on any atom is -0.507 e. The number of nitrogens with one attached hydrogen (secondary N) is 1. The topological polar surface area (TPSA) is 52.6 Å². The van der Waals surface area contributed by atoms with E-state index in [0.717, 1.165) is 49.3 Å². The second kappa shape index (κ2) is 7.59. The zero-order valence-electron chi connectivity index (χ0n) is 17.6. The van der Waals surface area contributed by atoms with E-state index in [1.165, 1.54) is 5.56 Å². The molecule has 1 amide bonds. The molecular weight excluding hydrogens is 324 g/mol. The van der Waals surface area contributed by atoms with Crippen LogP contribution in [0.5, 0.6) is 5.75 Å². The lowest BCUT2D eigenvalue weighted by Gasteiger charge is -2.31. The van der Waals surface area contributed by atoms with Gasteiger partial charge in [-0.05, 0) is 40.9 Å². The zero-order chi connectivity index (χ0) is 19.7. The highest BCUT2D eigenvalue weighted by molar-refractivity contribution is 5.76. The van der Waals surface area contributed by atoms with Crippen LogP contribution in [0, 0.1) is 6.92 Å². The summed E-state index contributed by atoms with van der Waals surface area (Å²) >= 11 is 0. The maximum atomic E-state index is 12.6. The average Bonchev–Trinajstić information content (AvgIpc) is 2.52. The summed E-state index contributed by atoms with van der Waals surface area (Å²) in [6.45, 7) is 18.2. The Hall–Kier alpha value is -1.55. The Morgan fingerprint density at radius 1 is 1.12 bits per heavy atom. The third kappa shape index (κ3) is 4.59. The Balaban J connectivity index is 2.34. The molecule has 0 aliphatic carbocycles. The van der Waals surface area contributed by atoms with Crippen LogP contribution in [0.1, 0.15) is 70.2 Å². The Morgan fingerprint density at radius 3 is 2.19 bits per heavy atom. The fraction of sp³-hybridized carbons (Fsp3) is 0.682. The predicted octanol–water partition coefficient (Wildman–Crippen LogP) is 3.66. The van der Waals surface area contributed by atoms with Crippen LogP contribution < -0.4 is 5.32 Å². The Bertz CT molecular complexity index is 660. The van der Waals surface area contributed by atoms with Crippen LogP contribution >= 0.6 is 0 Å². The minimum absolute atomic E-state index is 0.144. The van der Waals surface area contributed by atoms with E-state index in [1.807, 2.05) is 4.90 Å². The van der Waals surface area contributed by atoms with Gasteiger partial charge in [-0.25, -0.2) is 0 Å². The highest BCUT2D eigenvalue weighted by Crippen LogP contribution is 2.42. The molecule has 0 bridgehead atoms. The number of aryl methyl sites for hydroxylation is 1. The standard InChI is InChI=1S/C22H36N2O2/c1-15-16(8-9-18(25)24-12-10-23-11-13-24)14-17(21(2,3)4)20(26)19(15)22(5,6)7/h14,23,26H,8-13H2,1-7H3. The van der Waals surface area contributed by atoms with Crippen molar-refractivity contribution >= 4 is 5.91 Å². The lowest BCUT2D eigenvalue weighted by Crippen LogP contribution is -2.46. The van der Waals surface area contributed by atoms with Crippen LogP contribution in [-0.2, 0) is 22.0 Å². The van der Waals surface area contributed by atoms with E-state index in [4.69, 9.17) is 0 Å². The number of nitrogens with zero attached hydrogens (tertiary/aromatic N) is 1. The molecule has 0 aromatic heterocycles. The zero-order valence-corrected chi connectivity index (χ0v) is 17.6. The first-order chi connectivity index (χ1) is 11.9. The SMILES string of the molecule is Cc1c(CCC(=O)N2CCNCC2)cc(C(C)(C)C)c(O)c1C(C)(C)C. The number of phenols is 1. The summed E-state index contributed by atoms with van der Waals surface area (Å²) in [4.78, 5) is 14.5. The molecule has 1 aliphatic rings. The smallest absolute Gasteiger partial charge is 0.222 e. The molecule has 2 rings (SSSR count). The molecule has 4 nitrogen and oxygen atoms in total. The van der Waals surface area contributed by atoms with Crippen molar-refractivity contribution in [1.82, 2.24) is 10.2 Å². The van der Waals surface area contributed by atoms with Gasteiger partial charge in [0.25, 0.3) is 0 Å². The van der Waals surface area contributed by atoms with Gasteiger partial charge in [0.2, 0.25) is 5.91 Å². The summed E-state index contributed by atoms with van der Waals surface area (Å²) < 4.78 is 0. The van der Waals surface area contributed by atoms with Crippen molar-refractivity contribution in [2.24, 2.45) is 0 Å². The average molecular weight is 361 g/mol. The van der Waals surface area contributed by atoms with Gasteiger partial charge < -0.3 is 15.3 Å². The van der Waals surface area contributed by atoms with Crippen molar-refractivity contribution in [3.63, 3.8) is 0 Å². The summed E-state index contributed by atoms with van der Waals surface area (Å²) in [5.41, 5.74) is 3.99. The third-order valence-corrected chi connectivity index (χ3v) is 5.30. The van der Waals surface area contributed by atoms with Crippen molar-refractivity contribution in [3.05, 3.63) is 28.3 Å². The fourth-order valence-corrected chi connectivity index (χ4v) is 3.89. The third-order valence-electron chi connectivity index (χ3n) is 5.30. The molecule has 0 spiro atoms. The van der Waals surface area contributed by atoms with Gasteiger partial charge in [-0.1, -0.05) is 47.6 Å². The summed E-state index contributed by atoms with van der Waals surface area (Å²) in [7, 11) is 0. The van der Waals surface area contributed by atoms with Crippen molar-refractivity contribution in [1.29, 1.82) is 0 Å². The van der Waals surface area contributed by atoms with Gasteiger partial charge in [0.05, 0.1) is 0 Å². The number of phenolic OH excluding ortho intramolecular Hbond substituents is 1. The molecule has 1 heterocycles. The molecule has 0 saturated carbocycles. The monoisotopic (exact) mass is 360 g/mol. The molecule has 26 heavy (non-hydrogen) atoms. The normalized spacial score (nSPS) is 16.0. The van der Waals surface area contributed by atoms with Gasteiger partial charge in [0.15, 0.2) is 0 Å². The van der Waals surface area contributed by atoms with E-state index >= 15 is 0 Å². The number of aromatic hydroxyl groups is 1. The molecule has 1 aromatic rings. The van der Waals surface area contributed by atoms with E-state index in [1.54, 1.807) is 0 Å². The van der Waals surface area contributed by atoms with Crippen LogP contribution in [0.4, 0.5) is 0 Å². The molecule has 1 aliphatic heterocycles. The van der Waals surface area contributed by atoms with Crippen LogP contribution in [0.3, 0.4) is 0 Å². The quantitative estimate of drug-likeness (QED) is 0.865. The second-order valence-electron chi connectivity index (χ2n) is 9.56. The van der Waals surface area contributed by atoms with E-state index in [0.29, 0.717) is 12.2 Å². The van der Waals surface area contributed by atoms with Crippen LogP contribution in [0.15, 0.2) is 6.07 Å². The van der Waals surface area contributed by atoms with Crippen molar-refractivity contribution in [2.45, 2.75) is 72.1 Å². The Kier molecular flexibility index (Phi) is 6.06. The first-order valence-electron chi connectivity index (χ1n) is 9.78. The van der Waals surface area contributed by atoms with E-state index in [9.17, 15) is 9.90 Å². The Labute approximate surface area is 159 Å². The molecule has 0 atom stereocenters. The molecule has 0 unspecified atom stereocenters. The molecule has 1 aromatic carbocycles. The number of piperazine rings is 1. The molecule has 146 valence electrons. The van der Waals surface area contributed by atoms with Gasteiger partial charge in [0, 0.05) is 38.2 Å². The molecule has 1 fully saturated rings. The first kappa shape index (κ1) is 20.8. The van der Waals surface area contributed by atoms with Crippen molar-refractivity contribution < 1.29 is 9.90 Å². The van der Waals surface area contributed by atoms with Crippen molar-refractivity contribution in [3.8, 4) is 5.75 Å². The minimum atomic E-state index is -0.146. The summed E-state index contributed by atoms with van der Waals surface area (Å²) in [5, 5.41) is 14.2. The second-order valence-corrected chi connectivity index (χ2v) is 9.56. The number of carbonyl (C=O) groups is 1. The van der Waals surface area contributed by atoms with Crippen LogP contribution in [0.2, 0.25) is 0 Å². The number of benzene rings is 1. The molecule has 4 heteroatoms. The highest BCUT2D eigenvalue weighted by atomic mass is 16.3. The predicted molar refractivity (Wildman–Crippen MR) is 108 cm³/mol. The van der Waals surface area contributed by atoms with Crippen molar-refractivity contribution in [2.75, 3.05) is 26.2 Å². The number of amides is 1.